The zero-order valence-corrected chi connectivity index (χ0v) is 13.8. The van der Waals surface area contributed by atoms with Gasteiger partial charge in [-0.1, -0.05) is 0 Å². The van der Waals surface area contributed by atoms with E-state index in [-0.39, 0.29) is 5.91 Å². The van der Waals surface area contributed by atoms with Gasteiger partial charge < -0.3 is 9.80 Å². The van der Waals surface area contributed by atoms with Crippen LogP contribution in [0.5, 0.6) is 0 Å². The zero-order chi connectivity index (χ0) is 15.6. The molecule has 1 aromatic rings. The highest BCUT2D eigenvalue weighted by Crippen LogP contribution is 2.26. The highest BCUT2D eigenvalue weighted by molar-refractivity contribution is 5.94. The molecule has 2 heterocycles. The van der Waals surface area contributed by atoms with Crippen molar-refractivity contribution in [3.63, 3.8) is 0 Å². The largest absolute Gasteiger partial charge is 0.345 e. The minimum atomic E-state index is -0.0356. The Balaban J connectivity index is 2.18. The first-order chi connectivity index (χ1) is 9.90. The molecule has 0 bridgehead atoms. The topological polar surface area (TPSA) is 49.3 Å². The lowest BCUT2D eigenvalue weighted by Crippen LogP contribution is -2.39. The first kappa shape index (κ1) is 15.9. The van der Waals surface area contributed by atoms with Gasteiger partial charge in [0.25, 0.3) is 5.91 Å². The van der Waals surface area contributed by atoms with Gasteiger partial charge in [0.05, 0.1) is 11.3 Å². The van der Waals surface area contributed by atoms with Crippen molar-refractivity contribution in [2.45, 2.75) is 45.6 Å². The van der Waals surface area contributed by atoms with Crippen molar-refractivity contribution in [3.05, 3.63) is 23.3 Å². The van der Waals surface area contributed by atoms with Gasteiger partial charge in [0.15, 0.2) is 0 Å². The second-order valence-corrected chi connectivity index (χ2v) is 6.35. The molecule has 0 aromatic carbocycles. The lowest BCUT2D eigenvalue weighted by atomic mass is 9.96. The molecule has 0 spiro atoms. The fourth-order valence-electron chi connectivity index (χ4n) is 2.82. The van der Waals surface area contributed by atoms with E-state index in [1.807, 2.05) is 6.92 Å². The van der Waals surface area contributed by atoms with Crippen molar-refractivity contribution in [1.29, 1.82) is 0 Å². The summed E-state index contributed by atoms with van der Waals surface area (Å²) in [6.07, 6.45) is 4.00. The van der Waals surface area contributed by atoms with E-state index < -0.39 is 0 Å². The standard InChI is InChI=1S/C16H26N4O/c1-11(2)20-8-6-7-13(10-20)15-17-9-14(12(3)18-15)16(21)19(4)5/h9,11,13H,6-8,10H2,1-5H3/t13-/m1/s1. The Morgan fingerprint density at radius 3 is 2.71 bits per heavy atom. The van der Waals surface area contributed by atoms with Crippen molar-refractivity contribution in [3.8, 4) is 0 Å². The van der Waals surface area contributed by atoms with Crippen LogP contribution in [0.15, 0.2) is 6.20 Å². The second kappa shape index (κ2) is 6.52. The van der Waals surface area contributed by atoms with Crippen LogP contribution in [0.2, 0.25) is 0 Å². The van der Waals surface area contributed by atoms with E-state index in [0.29, 0.717) is 17.5 Å². The minimum Gasteiger partial charge on any atom is -0.345 e. The maximum Gasteiger partial charge on any atom is 0.256 e. The molecule has 1 amide bonds. The van der Waals surface area contributed by atoms with Gasteiger partial charge in [-0.15, -0.1) is 0 Å². The van der Waals surface area contributed by atoms with E-state index in [0.717, 1.165) is 31.0 Å². The fraction of sp³-hybridized carbons (Fsp3) is 0.688. The van der Waals surface area contributed by atoms with Gasteiger partial charge in [0, 0.05) is 38.8 Å². The molecule has 2 rings (SSSR count). The van der Waals surface area contributed by atoms with Crippen LogP contribution in [-0.4, -0.2) is 58.9 Å². The number of hydrogen-bond donors (Lipinski definition) is 0. The Labute approximate surface area is 127 Å². The maximum atomic E-state index is 12.0. The van der Waals surface area contributed by atoms with Crippen molar-refractivity contribution in [1.82, 2.24) is 19.8 Å². The molecule has 1 aliphatic heterocycles. The van der Waals surface area contributed by atoms with Crippen LogP contribution in [0.25, 0.3) is 0 Å². The van der Waals surface area contributed by atoms with Crippen molar-refractivity contribution in [2.24, 2.45) is 0 Å². The van der Waals surface area contributed by atoms with Gasteiger partial charge in [0.2, 0.25) is 0 Å². The highest BCUT2D eigenvalue weighted by Gasteiger charge is 2.25. The fourth-order valence-corrected chi connectivity index (χ4v) is 2.82. The van der Waals surface area contributed by atoms with Gasteiger partial charge in [0.1, 0.15) is 5.82 Å². The molecule has 1 fully saturated rings. The predicted octanol–water partition coefficient (Wildman–Crippen LogP) is 2.07. The van der Waals surface area contributed by atoms with Crippen molar-refractivity contribution >= 4 is 5.91 Å². The number of aryl methyl sites for hydroxylation is 1. The summed E-state index contributed by atoms with van der Waals surface area (Å²) in [5.41, 5.74) is 1.38. The smallest absolute Gasteiger partial charge is 0.256 e. The summed E-state index contributed by atoms with van der Waals surface area (Å²) in [7, 11) is 3.49. The number of aromatic nitrogens is 2. The molecule has 1 aliphatic rings. The Morgan fingerprint density at radius 2 is 2.14 bits per heavy atom. The number of carbonyl (C=O) groups is 1. The molecule has 1 saturated heterocycles. The van der Waals surface area contributed by atoms with E-state index >= 15 is 0 Å². The summed E-state index contributed by atoms with van der Waals surface area (Å²) in [5.74, 6) is 1.23. The Bertz CT molecular complexity index is 513. The summed E-state index contributed by atoms with van der Waals surface area (Å²) in [4.78, 5) is 25.2. The summed E-state index contributed by atoms with van der Waals surface area (Å²) in [6.45, 7) is 8.52. The molecule has 0 N–H and O–H groups in total. The molecule has 116 valence electrons. The molecule has 0 saturated carbocycles. The second-order valence-electron chi connectivity index (χ2n) is 6.35. The van der Waals surface area contributed by atoms with Gasteiger partial charge in [-0.2, -0.15) is 0 Å². The number of hydrogen-bond acceptors (Lipinski definition) is 4. The third-order valence-electron chi connectivity index (χ3n) is 4.18. The molecule has 1 atom stereocenters. The van der Waals surface area contributed by atoms with Gasteiger partial charge in [-0.05, 0) is 40.2 Å². The molecule has 0 unspecified atom stereocenters. The van der Waals surface area contributed by atoms with Gasteiger partial charge in [-0.3, -0.25) is 4.79 Å². The quantitative estimate of drug-likeness (QED) is 0.855. The summed E-state index contributed by atoms with van der Waals surface area (Å²) in [5, 5.41) is 0. The molecular formula is C16H26N4O. The van der Waals surface area contributed by atoms with Gasteiger partial charge >= 0.3 is 0 Å². The number of carbonyl (C=O) groups excluding carboxylic acids is 1. The molecule has 0 aliphatic carbocycles. The van der Waals surface area contributed by atoms with Crippen LogP contribution in [-0.2, 0) is 0 Å². The molecule has 0 radical (unpaired) electrons. The zero-order valence-electron chi connectivity index (χ0n) is 13.8. The summed E-state index contributed by atoms with van der Waals surface area (Å²) >= 11 is 0. The molecular weight excluding hydrogens is 264 g/mol. The maximum absolute atomic E-state index is 12.0. The van der Waals surface area contributed by atoms with E-state index in [1.165, 1.54) is 6.42 Å². The molecule has 21 heavy (non-hydrogen) atoms. The third kappa shape index (κ3) is 3.59. The Morgan fingerprint density at radius 1 is 1.43 bits per heavy atom. The first-order valence-electron chi connectivity index (χ1n) is 7.69. The SMILES string of the molecule is Cc1nc([C@@H]2CCCN(C(C)C)C2)ncc1C(=O)N(C)C. The highest BCUT2D eigenvalue weighted by atomic mass is 16.2. The average molecular weight is 290 g/mol. The van der Waals surface area contributed by atoms with Crippen LogP contribution in [0.4, 0.5) is 0 Å². The normalized spacial score (nSPS) is 19.8. The Kier molecular flexibility index (Phi) is 4.93. The van der Waals surface area contributed by atoms with Crippen LogP contribution >= 0.6 is 0 Å². The summed E-state index contributed by atoms with van der Waals surface area (Å²) in [6, 6.07) is 0.559. The van der Waals surface area contributed by atoms with Crippen LogP contribution in [0, 0.1) is 6.92 Å². The number of likely N-dealkylation sites (tertiary alicyclic amines) is 1. The lowest BCUT2D eigenvalue weighted by molar-refractivity contribution is 0.0825. The van der Waals surface area contributed by atoms with Crippen molar-refractivity contribution < 1.29 is 4.79 Å². The van der Waals surface area contributed by atoms with E-state index in [2.05, 4.69) is 28.7 Å². The molecule has 1 aromatic heterocycles. The molecule has 5 nitrogen and oxygen atoms in total. The Hall–Kier alpha value is -1.49. The van der Waals surface area contributed by atoms with Crippen LogP contribution < -0.4 is 0 Å². The van der Waals surface area contributed by atoms with Crippen molar-refractivity contribution in [2.75, 3.05) is 27.2 Å². The van der Waals surface area contributed by atoms with E-state index in [4.69, 9.17) is 0 Å². The monoisotopic (exact) mass is 290 g/mol. The number of nitrogens with zero attached hydrogens (tertiary/aromatic N) is 4. The van der Waals surface area contributed by atoms with Crippen LogP contribution in [0.3, 0.4) is 0 Å². The van der Waals surface area contributed by atoms with Gasteiger partial charge in [-0.25, -0.2) is 9.97 Å². The average Bonchev–Trinajstić information content (AvgIpc) is 2.46. The summed E-state index contributed by atoms with van der Waals surface area (Å²) < 4.78 is 0. The predicted molar refractivity (Wildman–Crippen MR) is 83.5 cm³/mol. The van der Waals surface area contributed by atoms with Crippen LogP contribution in [0.1, 0.15) is 54.5 Å². The number of rotatable bonds is 3. The number of amides is 1. The first-order valence-corrected chi connectivity index (χ1v) is 7.69. The van der Waals surface area contributed by atoms with E-state index in [1.54, 1.807) is 25.2 Å². The lowest BCUT2D eigenvalue weighted by Gasteiger charge is -2.34. The third-order valence-corrected chi connectivity index (χ3v) is 4.18. The van der Waals surface area contributed by atoms with E-state index in [9.17, 15) is 4.79 Å². The molecule has 5 heteroatoms. The number of piperidine rings is 1. The minimum absolute atomic E-state index is 0.0356.